The average molecular weight is 889 g/mol. The van der Waals surface area contributed by atoms with Crippen molar-refractivity contribution >= 4 is 64.2 Å². The number of aromatic nitrogens is 3. The van der Waals surface area contributed by atoms with Crippen molar-refractivity contribution in [2.45, 2.75) is 76.5 Å². The van der Waals surface area contributed by atoms with E-state index in [-0.39, 0.29) is 57.7 Å². The van der Waals surface area contributed by atoms with E-state index < -0.39 is 41.6 Å². The summed E-state index contributed by atoms with van der Waals surface area (Å²) < 4.78 is 22.2. The highest BCUT2D eigenvalue weighted by molar-refractivity contribution is 6.36. The normalized spacial score (nSPS) is 19.1. The molecule has 4 aromatic rings. The highest BCUT2D eigenvalue weighted by atomic mass is 35.5. The quantitative estimate of drug-likeness (QED) is 0.0694. The Hall–Kier alpha value is -5.58. The molecule has 1 unspecified atom stereocenters. The monoisotopic (exact) mass is 887 g/mol. The first-order valence-corrected chi connectivity index (χ1v) is 21.8. The molecule has 0 radical (unpaired) electrons. The first kappa shape index (κ1) is 43.1. The van der Waals surface area contributed by atoms with Gasteiger partial charge in [0, 0.05) is 91.3 Å². The number of hydrogen-bond donors (Lipinski definition) is 3. The van der Waals surface area contributed by atoms with Gasteiger partial charge in [0.1, 0.15) is 18.0 Å². The van der Waals surface area contributed by atoms with Gasteiger partial charge in [-0.05, 0) is 75.9 Å². The number of nitrogen functional groups attached to an aromatic ring is 1. The summed E-state index contributed by atoms with van der Waals surface area (Å²) in [6, 6.07) is 8.68. The molecule has 18 heteroatoms. The van der Waals surface area contributed by atoms with Gasteiger partial charge in [0.25, 0.3) is 11.8 Å². The van der Waals surface area contributed by atoms with Crippen molar-refractivity contribution in [3.05, 3.63) is 87.5 Å². The van der Waals surface area contributed by atoms with Crippen LogP contribution in [0.1, 0.15) is 96.7 Å². The summed E-state index contributed by atoms with van der Waals surface area (Å²) in [5.41, 5.74) is 9.09. The molecule has 15 nitrogen and oxygen atoms in total. The fourth-order valence-corrected chi connectivity index (χ4v) is 9.41. The van der Waals surface area contributed by atoms with Crippen LogP contribution in [-0.4, -0.2) is 104 Å². The van der Waals surface area contributed by atoms with E-state index in [2.05, 4.69) is 25.6 Å². The van der Waals surface area contributed by atoms with E-state index in [0.717, 1.165) is 67.8 Å². The summed E-state index contributed by atoms with van der Waals surface area (Å²) in [6.45, 7) is 6.39. The van der Waals surface area contributed by atoms with Crippen LogP contribution in [0.2, 0.25) is 10.0 Å². The molecular weight excluding hydrogens is 840 g/mol. The summed E-state index contributed by atoms with van der Waals surface area (Å²) in [7, 11) is 0. The lowest BCUT2D eigenvalue weighted by Crippen LogP contribution is -2.54. The number of fused-ring (bicyclic) bond motifs is 1. The minimum Gasteiger partial charge on any atom is -0.482 e. The van der Waals surface area contributed by atoms with Crippen LogP contribution in [0.15, 0.2) is 55.0 Å². The zero-order valence-electron chi connectivity index (χ0n) is 34.2. The van der Waals surface area contributed by atoms with Crippen LogP contribution in [-0.2, 0) is 14.4 Å². The Bertz CT molecular complexity index is 2400. The van der Waals surface area contributed by atoms with Crippen LogP contribution in [0.4, 0.5) is 15.9 Å². The lowest BCUT2D eigenvalue weighted by atomic mass is 9.98. The maximum atomic E-state index is 14.2. The van der Waals surface area contributed by atoms with Crippen LogP contribution < -0.4 is 21.1 Å². The second kappa shape index (κ2) is 18.4. The molecular formula is C44H48Cl2FN9O6. The summed E-state index contributed by atoms with van der Waals surface area (Å²) in [5.74, 6) is -1.88. The number of unbranched alkanes of at least 4 members (excludes halogenated alkanes) is 2. The number of anilines is 2. The number of benzene rings is 2. The first-order chi connectivity index (χ1) is 29.9. The Morgan fingerprint density at radius 2 is 1.81 bits per heavy atom. The smallest absolute Gasteiger partial charge is 0.264 e. The van der Waals surface area contributed by atoms with Crippen molar-refractivity contribution in [3.8, 4) is 16.9 Å². The molecule has 4 N–H and O–H groups in total. The lowest BCUT2D eigenvalue weighted by molar-refractivity contribution is -0.137. The topological polar surface area (TPSA) is 185 Å². The molecule has 0 saturated carbocycles. The maximum absolute atomic E-state index is 14.2. The first-order valence-electron chi connectivity index (χ1n) is 21.0. The van der Waals surface area contributed by atoms with Crippen molar-refractivity contribution in [3.63, 3.8) is 0 Å². The van der Waals surface area contributed by atoms with E-state index in [1.807, 2.05) is 15.8 Å². The van der Waals surface area contributed by atoms with E-state index in [4.69, 9.17) is 33.7 Å². The Balaban J connectivity index is 0.723. The molecule has 2 atom stereocenters. The molecule has 8 rings (SSSR count). The Morgan fingerprint density at radius 1 is 1.02 bits per heavy atom. The second-order valence-corrected chi connectivity index (χ2v) is 17.2. The van der Waals surface area contributed by atoms with Crippen molar-refractivity contribution < 1.29 is 33.1 Å². The molecule has 2 aromatic carbocycles. The fraction of sp³-hybridized carbons (Fsp3) is 0.432. The molecule has 3 fully saturated rings. The third-order valence-corrected chi connectivity index (χ3v) is 13.0. The molecule has 0 aliphatic carbocycles. The number of ether oxygens (including phenoxy) is 1. The lowest BCUT2D eigenvalue weighted by Gasteiger charge is -2.39. The van der Waals surface area contributed by atoms with Gasteiger partial charge in [-0.1, -0.05) is 35.7 Å². The number of imide groups is 2. The van der Waals surface area contributed by atoms with Crippen LogP contribution in [0.5, 0.6) is 5.75 Å². The van der Waals surface area contributed by atoms with Gasteiger partial charge in [-0.2, -0.15) is 5.10 Å². The van der Waals surface area contributed by atoms with E-state index in [0.29, 0.717) is 43.1 Å². The number of pyridine rings is 1. The fourth-order valence-electron chi connectivity index (χ4n) is 8.73. The number of halogens is 3. The SMILES string of the molecule is C[C@@H](Oc1cc(-c2cnn(C3CCN(CCCCCC(=O)N4CC(CNc5cccc6c5C(=O)N(C5CCC(=O)NC5=O)C6=O)C4)CC3)c2)cnc1N)c1c(Cl)ccc(F)c1Cl. The number of amides is 5. The molecule has 4 aliphatic rings. The summed E-state index contributed by atoms with van der Waals surface area (Å²) in [5, 5.41) is 10.4. The number of piperidine rings is 2. The molecule has 2 aromatic heterocycles. The number of nitrogens with two attached hydrogens (primary N) is 1. The van der Waals surface area contributed by atoms with Gasteiger partial charge in [-0.15, -0.1) is 0 Å². The van der Waals surface area contributed by atoms with Gasteiger partial charge in [-0.25, -0.2) is 9.37 Å². The molecule has 326 valence electrons. The van der Waals surface area contributed by atoms with E-state index in [1.165, 1.54) is 12.1 Å². The summed E-state index contributed by atoms with van der Waals surface area (Å²) in [4.78, 5) is 73.1. The number of carbonyl (C=O) groups is 5. The average Bonchev–Trinajstić information content (AvgIpc) is 3.83. The number of hydrogen-bond acceptors (Lipinski definition) is 11. The predicted molar refractivity (Wildman–Crippen MR) is 230 cm³/mol. The minimum atomic E-state index is -1.02. The molecule has 0 bridgehead atoms. The van der Waals surface area contributed by atoms with Crippen molar-refractivity contribution in [2.24, 2.45) is 5.92 Å². The molecule has 3 saturated heterocycles. The zero-order chi connectivity index (χ0) is 43.7. The third kappa shape index (κ3) is 8.99. The Labute approximate surface area is 368 Å². The largest absolute Gasteiger partial charge is 0.482 e. The Kier molecular flexibility index (Phi) is 12.8. The molecule has 0 spiro atoms. The maximum Gasteiger partial charge on any atom is 0.264 e. The van der Waals surface area contributed by atoms with Crippen LogP contribution >= 0.6 is 23.2 Å². The summed E-state index contributed by atoms with van der Waals surface area (Å²) >= 11 is 12.5. The number of nitrogens with zero attached hydrogens (tertiary/aromatic N) is 6. The zero-order valence-corrected chi connectivity index (χ0v) is 35.8. The van der Waals surface area contributed by atoms with E-state index in [1.54, 1.807) is 43.6 Å². The molecule has 62 heavy (non-hydrogen) atoms. The van der Waals surface area contributed by atoms with Gasteiger partial charge in [0.15, 0.2) is 11.6 Å². The van der Waals surface area contributed by atoms with Crippen LogP contribution in [0, 0.1) is 11.7 Å². The van der Waals surface area contributed by atoms with Crippen molar-refractivity contribution in [1.29, 1.82) is 0 Å². The number of rotatable bonds is 15. The number of nitrogens with one attached hydrogen (secondary N) is 2. The van der Waals surface area contributed by atoms with Crippen molar-refractivity contribution in [2.75, 3.05) is 50.3 Å². The van der Waals surface area contributed by atoms with Gasteiger partial charge < -0.3 is 25.6 Å². The second-order valence-electron chi connectivity index (χ2n) is 16.4. The van der Waals surface area contributed by atoms with Crippen LogP contribution in [0.3, 0.4) is 0 Å². The van der Waals surface area contributed by atoms with E-state index in [9.17, 15) is 28.4 Å². The molecule has 6 heterocycles. The minimum absolute atomic E-state index is 0.0612. The Morgan fingerprint density at radius 3 is 2.58 bits per heavy atom. The highest BCUT2D eigenvalue weighted by Crippen LogP contribution is 2.38. The number of carbonyl (C=O) groups excluding carboxylic acids is 5. The predicted octanol–water partition coefficient (Wildman–Crippen LogP) is 6.28. The third-order valence-electron chi connectivity index (χ3n) is 12.3. The standard InChI is InChI=1S/C44H48Cl2FN9O6/c1-25(38-31(45)9-10-32(47)40(38)46)62-35-18-27(20-50-41(35)48)28-21-51-55(24-28)29-13-16-53(17-14-29)15-4-2-3-8-37(58)54-22-26(23-54)19-49-33-7-5-6-30-39(33)44(61)56(43(30)60)34-11-12-36(57)52-42(34)59/h5-7,9-10,18,20-21,24-26,29,34,49H,2-4,8,11-17,19,22-23H2,1H3,(H2,48,50)(H,52,57,59)/t25-,34?/m1/s1. The highest BCUT2D eigenvalue weighted by Gasteiger charge is 2.46. The van der Waals surface area contributed by atoms with Gasteiger partial charge in [0.2, 0.25) is 17.7 Å². The molecule has 5 amide bonds. The van der Waals surface area contributed by atoms with Gasteiger partial charge in [0.05, 0.1) is 28.4 Å². The molecule has 4 aliphatic heterocycles. The number of likely N-dealkylation sites (tertiary alicyclic amines) is 2. The van der Waals surface area contributed by atoms with Crippen molar-refractivity contribution in [1.82, 2.24) is 34.8 Å². The summed E-state index contributed by atoms with van der Waals surface area (Å²) in [6.07, 6.45) is 10.2. The van der Waals surface area contributed by atoms with E-state index >= 15 is 0 Å². The van der Waals surface area contributed by atoms with Gasteiger partial charge >= 0.3 is 0 Å². The van der Waals surface area contributed by atoms with Gasteiger partial charge in [-0.3, -0.25) is 38.9 Å². The van der Waals surface area contributed by atoms with Crippen LogP contribution in [0.25, 0.3) is 11.1 Å².